The van der Waals surface area contributed by atoms with Gasteiger partial charge in [0.15, 0.2) is 5.82 Å². The number of hydrogen-bond donors (Lipinski definition) is 0. The third-order valence-electron chi connectivity index (χ3n) is 3.16. The number of benzene rings is 1. The van der Waals surface area contributed by atoms with E-state index in [0.29, 0.717) is 5.89 Å². The Morgan fingerprint density at radius 3 is 2.58 bits per heavy atom. The van der Waals surface area contributed by atoms with E-state index in [-0.39, 0.29) is 6.04 Å². The standard InChI is InChI=1S/C14H18ClN3O/c1-4-13-16-14(19-17-13)10(2)18(3)9-11-5-7-12(15)8-6-11/h5-8,10H,4,9H2,1-3H3/t10-/m1/s1. The van der Waals surface area contributed by atoms with Crippen LogP contribution in [0.3, 0.4) is 0 Å². The predicted molar refractivity (Wildman–Crippen MR) is 75.0 cm³/mol. The second kappa shape index (κ2) is 6.17. The summed E-state index contributed by atoms with van der Waals surface area (Å²) in [6.07, 6.45) is 0.789. The summed E-state index contributed by atoms with van der Waals surface area (Å²) in [5, 5.41) is 4.68. The van der Waals surface area contributed by atoms with Crippen LogP contribution in [0.1, 0.15) is 37.2 Å². The Balaban J connectivity index is 2.02. The smallest absolute Gasteiger partial charge is 0.243 e. The lowest BCUT2D eigenvalue weighted by atomic mass is 10.2. The quantitative estimate of drug-likeness (QED) is 0.840. The SMILES string of the molecule is CCc1noc([C@@H](C)N(C)Cc2ccc(Cl)cc2)n1. The Hall–Kier alpha value is -1.39. The van der Waals surface area contributed by atoms with Crippen LogP contribution in [0, 0.1) is 0 Å². The maximum absolute atomic E-state index is 5.88. The van der Waals surface area contributed by atoms with Crippen molar-refractivity contribution >= 4 is 11.6 Å². The summed E-state index contributed by atoms with van der Waals surface area (Å²) < 4.78 is 5.27. The first kappa shape index (κ1) is 14.0. The summed E-state index contributed by atoms with van der Waals surface area (Å²) in [7, 11) is 2.04. The van der Waals surface area contributed by atoms with E-state index in [0.717, 1.165) is 23.8 Å². The molecule has 102 valence electrons. The third-order valence-corrected chi connectivity index (χ3v) is 3.42. The van der Waals surface area contributed by atoms with Crippen LogP contribution < -0.4 is 0 Å². The van der Waals surface area contributed by atoms with Crippen LogP contribution in [-0.4, -0.2) is 22.1 Å². The summed E-state index contributed by atoms with van der Waals surface area (Å²) in [5.41, 5.74) is 1.20. The van der Waals surface area contributed by atoms with Crippen molar-refractivity contribution in [1.29, 1.82) is 0 Å². The summed E-state index contributed by atoms with van der Waals surface area (Å²) in [4.78, 5) is 6.53. The molecule has 2 aromatic rings. The van der Waals surface area contributed by atoms with Crippen molar-refractivity contribution in [2.24, 2.45) is 0 Å². The van der Waals surface area contributed by atoms with Crippen molar-refractivity contribution in [2.45, 2.75) is 32.9 Å². The number of aryl methyl sites for hydroxylation is 1. The zero-order valence-electron chi connectivity index (χ0n) is 11.4. The lowest BCUT2D eigenvalue weighted by molar-refractivity contribution is 0.202. The molecular formula is C14H18ClN3O. The van der Waals surface area contributed by atoms with Crippen LogP contribution in [0.25, 0.3) is 0 Å². The molecule has 0 aliphatic carbocycles. The van der Waals surface area contributed by atoms with Crippen LogP contribution in [0.15, 0.2) is 28.8 Å². The second-order valence-corrected chi connectivity index (χ2v) is 5.06. The molecule has 1 aromatic carbocycles. The van der Waals surface area contributed by atoms with Crippen LogP contribution in [0.2, 0.25) is 5.02 Å². The highest BCUT2D eigenvalue weighted by molar-refractivity contribution is 6.30. The molecule has 2 rings (SSSR count). The van der Waals surface area contributed by atoms with Crippen LogP contribution >= 0.6 is 11.6 Å². The predicted octanol–water partition coefficient (Wildman–Crippen LogP) is 3.48. The van der Waals surface area contributed by atoms with Gasteiger partial charge in [0.2, 0.25) is 5.89 Å². The van der Waals surface area contributed by atoms with Gasteiger partial charge in [0, 0.05) is 18.0 Å². The zero-order valence-corrected chi connectivity index (χ0v) is 12.2. The summed E-state index contributed by atoms with van der Waals surface area (Å²) in [5.74, 6) is 1.41. The summed E-state index contributed by atoms with van der Waals surface area (Å²) in [6, 6.07) is 7.94. The first-order valence-corrected chi connectivity index (χ1v) is 6.75. The first-order chi connectivity index (χ1) is 9.10. The van der Waals surface area contributed by atoms with Gasteiger partial charge >= 0.3 is 0 Å². The Morgan fingerprint density at radius 1 is 1.32 bits per heavy atom. The minimum Gasteiger partial charge on any atom is -0.338 e. The van der Waals surface area contributed by atoms with Crippen molar-refractivity contribution in [3.63, 3.8) is 0 Å². The Kier molecular flexibility index (Phi) is 4.56. The number of halogens is 1. The molecule has 0 amide bonds. The van der Waals surface area contributed by atoms with Crippen molar-refractivity contribution in [2.75, 3.05) is 7.05 Å². The number of nitrogens with zero attached hydrogens (tertiary/aromatic N) is 3. The molecule has 4 nitrogen and oxygen atoms in total. The molecule has 0 radical (unpaired) electrons. The maximum Gasteiger partial charge on any atom is 0.243 e. The van der Waals surface area contributed by atoms with Crippen molar-refractivity contribution in [1.82, 2.24) is 15.0 Å². The van der Waals surface area contributed by atoms with E-state index in [1.807, 2.05) is 38.2 Å². The average Bonchev–Trinajstić information content (AvgIpc) is 2.89. The van der Waals surface area contributed by atoms with Gasteiger partial charge < -0.3 is 4.52 Å². The van der Waals surface area contributed by atoms with Crippen LogP contribution in [0.5, 0.6) is 0 Å². The Bertz CT molecular complexity index is 524. The first-order valence-electron chi connectivity index (χ1n) is 6.37. The minimum absolute atomic E-state index is 0.0866. The zero-order chi connectivity index (χ0) is 13.8. The van der Waals surface area contributed by atoms with E-state index in [1.54, 1.807) is 0 Å². The molecule has 0 spiro atoms. The van der Waals surface area contributed by atoms with Gasteiger partial charge in [0.1, 0.15) is 0 Å². The molecule has 0 N–H and O–H groups in total. The van der Waals surface area contributed by atoms with Gasteiger partial charge in [0.05, 0.1) is 6.04 Å². The van der Waals surface area contributed by atoms with Gasteiger partial charge in [-0.15, -0.1) is 0 Å². The van der Waals surface area contributed by atoms with Crippen molar-refractivity contribution in [3.05, 3.63) is 46.6 Å². The molecule has 1 aromatic heterocycles. The molecule has 5 heteroatoms. The third kappa shape index (κ3) is 3.55. The van der Waals surface area contributed by atoms with E-state index in [9.17, 15) is 0 Å². The molecule has 0 bridgehead atoms. The summed E-state index contributed by atoms with van der Waals surface area (Å²) >= 11 is 5.88. The van der Waals surface area contributed by atoms with Crippen LogP contribution in [0.4, 0.5) is 0 Å². The van der Waals surface area contributed by atoms with Crippen molar-refractivity contribution in [3.8, 4) is 0 Å². The number of aromatic nitrogens is 2. The van der Waals surface area contributed by atoms with Gasteiger partial charge in [-0.2, -0.15) is 4.98 Å². The fourth-order valence-electron chi connectivity index (χ4n) is 1.78. The van der Waals surface area contributed by atoms with Gasteiger partial charge in [-0.1, -0.05) is 35.8 Å². The van der Waals surface area contributed by atoms with E-state index < -0.39 is 0 Å². The minimum atomic E-state index is 0.0866. The Labute approximate surface area is 118 Å². The molecule has 1 heterocycles. The molecule has 0 unspecified atom stereocenters. The van der Waals surface area contributed by atoms with E-state index in [1.165, 1.54) is 5.56 Å². The molecule has 0 fully saturated rings. The molecule has 0 saturated carbocycles. The van der Waals surface area contributed by atoms with E-state index in [2.05, 4.69) is 22.0 Å². The van der Waals surface area contributed by atoms with Gasteiger partial charge in [0.25, 0.3) is 0 Å². The largest absolute Gasteiger partial charge is 0.338 e. The fourth-order valence-corrected chi connectivity index (χ4v) is 1.91. The van der Waals surface area contributed by atoms with Gasteiger partial charge in [-0.25, -0.2) is 0 Å². The highest BCUT2D eigenvalue weighted by Crippen LogP contribution is 2.20. The molecule has 0 aliphatic heterocycles. The number of rotatable bonds is 5. The van der Waals surface area contributed by atoms with E-state index >= 15 is 0 Å². The monoisotopic (exact) mass is 279 g/mol. The number of hydrogen-bond acceptors (Lipinski definition) is 4. The molecule has 1 atom stereocenters. The van der Waals surface area contributed by atoms with Gasteiger partial charge in [-0.3, -0.25) is 4.90 Å². The van der Waals surface area contributed by atoms with Gasteiger partial charge in [-0.05, 0) is 31.7 Å². The highest BCUT2D eigenvalue weighted by atomic mass is 35.5. The molecule has 19 heavy (non-hydrogen) atoms. The highest BCUT2D eigenvalue weighted by Gasteiger charge is 2.18. The fraction of sp³-hybridized carbons (Fsp3) is 0.429. The summed E-state index contributed by atoms with van der Waals surface area (Å²) in [6.45, 7) is 4.88. The average molecular weight is 280 g/mol. The topological polar surface area (TPSA) is 42.2 Å². The molecule has 0 aliphatic rings. The Morgan fingerprint density at radius 2 is 2.00 bits per heavy atom. The lowest BCUT2D eigenvalue weighted by Gasteiger charge is -2.21. The van der Waals surface area contributed by atoms with Crippen molar-refractivity contribution < 1.29 is 4.52 Å². The molecular weight excluding hydrogens is 262 g/mol. The molecule has 0 saturated heterocycles. The van der Waals surface area contributed by atoms with Crippen LogP contribution in [-0.2, 0) is 13.0 Å². The van der Waals surface area contributed by atoms with E-state index in [4.69, 9.17) is 16.1 Å². The normalized spacial score (nSPS) is 12.9. The lowest BCUT2D eigenvalue weighted by Crippen LogP contribution is -2.22. The maximum atomic E-state index is 5.88. The second-order valence-electron chi connectivity index (χ2n) is 4.62.